The molecule has 2 unspecified atom stereocenters. The van der Waals surface area contributed by atoms with Crippen LogP contribution in [0.15, 0.2) is 60.9 Å². The fourth-order valence-corrected chi connectivity index (χ4v) is 5.49. The second kappa shape index (κ2) is 15.7. The van der Waals surface area contributed by atoms with Gasteiger partial charge in [-0.1, -0.05) is 36.4 Å². The van der Waals surface area contributed by atoms with Crippen LogP contribution in [-0.4, -0.2) is 96.0 Å². The number of aromatic nitrogens is 2. The molecule has 1 aromatic heterocycles. The number of benzene rings is 2. The lowest BCUT2D eigenvalue weighted by molar-refractivity contribution is -0.139. The van der Waals surface area contributed by atoms with Crippen molar-refractivity contribution < 1.29 is 38.3 Å². The number of carbonyl (C=O) groups is 7. The highest BCUT2D eigenvalue weighted by molar-refractivity contribution is 5.95. The monoisotopic (exact) mass is 669 g/mol. The van der Waals surface area contributed by atoms with Crippen molar-refractivity contribution in [1.29, 1.82) is 0 Å². The van der Waals surface area contributed by atoms with Crippen molar-refractivity contribution in [2.45, 2.75) is 37.3 Å². The smallest absolute Gasteiger partial charge is 0.376 e. The van der Waals surface area contributed by atoms with Gasteiger partial charge in [0.1, 0.15) is 12.1 Å². The molecule has 1 aliphatic carbocycles. The summed E-state index contributed by atoms with van der Waals surface area (Å²) in [7, 11) is 1.44. The molecule has 5 rings (SSSR count). The second-order valence-corrected chi connectivity index (χ2v) is 11.7. The van der Waals surface area contributed by atoms with Gasteiger partial charge >= 0.3 is 5.97 Å². The van der Waals surface area contributed by atoms with Crippen LogP contribution in [0, 0.1) is 0 Å². The number of esters is 1. The van der Waals surface area contributed by atoms with Crippen LogP contribution in [0.3, 0.4) is 0 Å². The van der Waals surface area contributed by atoms with Crippen LogP contribution >= 0.6 is 0 Å². The number of Topliss-reactive ketones (excluding diaryl/α,β-unsaturated/α-hetero) is 1. The Bertz CT molecular complexity index is 1760. The molecule has 4 N–H and O–H groups in total. The summed E-state index contributed by atoms with van der Waals surface area (Å²) >= 11 is 0. The normalized spacial score (nSPS) is 17.3. The van der Waals surface area contributed by atoms with Gasteiger partial charge in [-0.25, -0.2) is 14.8 Å². The zero-order valence-corrected chi connectivity index (χ0v) is 26.6. The molecular weight excluding hydrogens is 634 g/mol. The Hall–Kier alpha value is -5.99. The Balaban J connectivity index is 1.38. The first-order valence-electron chi connectivity index (χ1n) is 15.6. The predicted octanol–water partition coefficient (Wildman–Crippen LogP) is -0.0341. The number of hydrogen-bond acceptors (Lipinski definition) is 10. The minimum Gasteiger partial charge on any atom is -0.452 e. The number of amides is 5. The predicted molar refractivity (Wildman–Crippen MR) is 172 cm³/mol. The molecule has 1 aliphatic heterocycles. The Labute approximate surface area is 281 Å². The molecule has 0 saturated heterocycles. The maximum atomic E-state index is 13.6. The Morgan fingerprint density at radius 2 is 1.80 bits per heavy atom. The number of rotatable bonds is 11. The lowest BCUT2D eigenvalue weighted by Crippen LogP contribution is -2.52. The quantitative estimate of drug-likeness (QED) is 0.158. The summed E-state index contributed by atoms with van der Waals surface area (Å²) in [6.07, 6.45) is 5.18. The maximum Gasteiger partial charge on any atom is 0.376 e. The molecule has 1 saturated carbocycles. The van der Waals surface area contributed by atoms with Gasteiger partial charge in [-0.15, -0.1) is 0 Å². The molecule has 2 aliphatic rings. The molecule has 49 heavy (non-hydrogen) atoms. The zero-order chi connectivity index (χ0) is 34.9. The summed E-state index contributed by atoms with van der Waals surface area (Å²) in [5, 5.41) is 10.00. The molecule has 3 aromatic rings. The van der Waals surface area contributed by atoms with Gasteiger partial charge in [-0.3, -0.25) is 28.8 Å². The average Bonchev–Trinajstić information content (AvgIpc) is 3.96. The highest BCUT2D eigenvalue weighted by atomic mass is 16.5. The van der Waals surface area contributed by atoms with Gasteiger partial charge in [0, 0.05) is 25.9 Å². The summed E-state index contributed by atoms with van der Waals surface area (Å²) in [5.74, 6) is -3.92. The minimum atomic E-state index is -1.14. The third kappa shape index (κ3) is 8.88. The van der Waals surface area contributed by atoms with E-state index in [-0.39, 0.29) is 18.8 Å². The summed E-state index contributed by atoms with van der Waals surface area (Å²) in [5.41, 5.74) is 4.02. The second-order valence-electron chi connectivity index (χ2n) is 11.7. The van der Waals surface area contributed by atoms with Crippen molar-refractivity contribution in [3.63, 3.8) is 0 Å². The third-order valence-corrected chi connectivity index (χ3v) is 8.10. The van der Waals surface area contributed by atoms with Crippen LogP contribution < -0.4 is 21.3 Å². The molecule has 2 atom stereocenters. The van der Waals surface area contributed by atoms with E-state index in [1.165, 1.54) is 30.4 Å². The van der Waals surface area contributed by atoms with Gasteiger partial charge < -0.3 is 30.9 Å². The van der Waals surface area contributed by atoms with E-state index in [0.29, 0.717) is 17.9 Å². The SMILES string of the molecule is CN(C(=O)CNC=O)C1C(=O)NCC(=O)NC(C(=O)NCC(=O)COC(=O)c2ncccn2)Cc2cccc(c2)-c2cc1ccc2C1CC1. The van der Waals surface area contributed by atoms with Crippen LogP contribution in [0.4, 0.5) is 0 Å². The van der Waals surface area contributed by atoms with Gasteiger partial charge in [-0.2, -0.15) is 0 Å². The molecule has 5 amide bonds. The van der Waals surface area contributed by atoms with E-state index >= 15 is 0 Å². The molecule has 254 valence electrons. The van der Waals surface area contributed by atoms with E-state index in [0.717, 1.165) is 35.1 Å². The lowest BCUT2D eigenvalue weighted by atomic mass is 9.90. The highest BCUT2D eigenvalue weighted by Gasteiger charge is 2.33. The number of carbonyl (C=O) groups excluding carboxylic acids is 7. The number of ketones is 1. The summed E-state index contributed by atoms with van der Waals surface area (Å²) in [6, 6.07) is 12.3. The van der Waals surface area contributed by atoms with Gasteiger partial charge in [0.25, 0.3) is 0 Å². The molecule has 0 spiro atoms. The topological polar surface area (TPSA) is 206 Å². The Morgan fingerprint density at radius 3 is 2.53 bits per heavy atom. The lowest BCUT2D eigenvalue weighted by Gasteiger charge is -2.29. The standard InChI is InChI=1S/C34H35N7O8/c1-41(29(45)17-35-19-42)30-23-8-9-25(21-6-7-21)26(14-23)22-5-2-4-20(12-22)13-27(40-28(44)16-39-33(30)47)32(46)38-15-24(43)18-49-34(48)31-36-10-3-11-37-31/h2-5,8-12,14,19,21,27,30H,6-7,13,15-18H2,1H3,(H,35,42)(H,38,46)(H,39,47)(H,40,44). The Kier molecular flexibility index (Phi) is 11.0. The molecule has 15 nitrogen and oxygen atoms in total. The molecular formula is C34H35N7O8. The van der Waals surface area contributed by atoms with Crippen molar-refractivity contribution in [2.75, 3.05) is 33.3 Å². The van der Waals surface area contributed by atoms with Crippen LogP contribution in [-0.2, 0) is 39.9 Å². The highest BCUT2D eigenvalue weighted by Crippen LogP contribution is 2.45. The number of fused-ring (bicyclic) bond motifs is 5. The Morgan fingerprint density at radius 1 is 1.02 bits per heavy atom. The van der Waals surface area contributed by atoms with E-state index in [1.54, 1.807) is 6.07 Å². The molecule has 0 radical (unpaired) electrons. The molecule has 2 aromatic carbocycles. The van der Waals surface area contributed by atoms with E-state index in [1.807, 2.05) is 36.4 Å². The first-order valence-corrected chi connectivity index (χ1v) is 15.6. The van der Waals surface area contributed by atoms with Crippen LogP contribution in [0.5, 0.6) is 0 Å². The van der Waals surface area contributed by atoms with Crippen molar-refractivity contribution in [2.24, 2.45) is 0 Å². The van der Waals surface area contributed by atoms with Crippen LogP contribution in [0.1, 0.15) is 52.1 Å². The molecule has 4 bridgehead atoms. The van der Waals surface area contributed by atoms with E-state index in [4.69, 9.17) is 4.74 Å². The van der Waals surface area contributed by atoms with Crippen LogP contribution in [0.25, 0.3) is 11.1 Å². The van der Waals surface area contributed by atoms with Gasteiger partial charge in [0.05, 0.1) is 19.6 Å². The van der Waals surface area contributed by atoms with Gasteiger partial charge in [0.2, 0.25) is 35.9 Å². The number of nitrogens with one attached hydrogen (secondary N) is 4. The molecule has 1 fully saturated rings. The maximum absolute atomic E-state index is 13.6. The fraction of sp³-hybridized carbons (Fsp3) is 0.324. The first-order chi connectivity index (χ1) is 23.6. The van der Waals surface area contributed by atoms with Crippen molar-refractivity contribution >= 4 is 41.8 Å². The minimum absolute atomic E-state index is 0.0654. The van der Waals surface area contributed by atoms with Gasteiger partial charge in [-0.05, 0) is 58.7 Å². The van der Waals surface area contributed by atoms with Crippen molar-refractivity contribution in [3.8, 4) is 11.1 Å². The number of hydrogen-bond donors (Lipinski definition) is 4. The first kappa shape index (κ1) is 34.3. The summed E-state index contributed by atoms with van der Waals surface area (Å²) in [6.45, 7) is -1.96. The summed E-state index contributed by atoms with van der Waals surface area (Å²) in [4.78, 5) is 97.0. The van der Waals surface area contributed by atoms with Crippen LogP contribution in [0.2, 0.25) is 0 Å². The van der Waals surface area contributed by atoms with Crippen molar-refractivity contribution in [3.05, 3.63) is 83.4 Å². The number of nitrogens with zero attached hydrogens (tertiary/aromatic N) is 3. The van der Waals surface area contributed by atoms with E-state index in [9.17, 15) is 33.6 Å². The van der Waals surface area contributed by atoms with Crippen molar-refractivity contribution in [1.82, 2.24) is 36.1 Å². The third-order valence-electron chi connectivity index (χ3n) is 8.10. The van der Waals surface area contributed by atoms with E-state index < -0.39 is 67.2 Å². The van der Waals surface area contributed by atoms with E-state index in [2.05, 4.69) is 31.2 Å². The molecule has 15 heteroatoms. The van der Waals surface area contributed by atoms with Gasteiger partial charge in [0.15, 0.2) is 12.4 Å². The largest absolute Gasteiger partial charge is 0.452 e. The summed E-state index contributed by atoms with van der Waals surface area (Å²) < 4.78 is 4.93. The number of likely N-dealkylation sites (N-methyl/N-ethyl adjacent to an activating group) is 1. The zero-order valence-electron chi connectivity index (χ0n) is 26.6. The number of ether oxygens (including phenoxy) is 1. The average molecular weight is 670 g/mol. The molecule has 2 heterocycles. The fourth-order valence-electron chi connectivity index (χ4n) is 5.49.